The van der Waals surface area contributed by atoms with Gasteiger partial charge in [-0.25, -0.2) is 4.85 Å². The molecule has 0 aliphatic carbocycles. The molecule has 1 rings (SSSR count). The average molecular weight is 186 g/mol. The summed E-state index contributed by atoms with van der Waals surface area (Å²) in [5.74, 6) is 0.650. The van der Waals surface area contributed by atoms with Crippen molar-refractivity contribution in [2.45, 2.75) is 13.3 Å². The summed E-state index contributed by atoms with van der Waals surface area (Å²) < 4.78 is 5.34. The highest BCUT2D eigenvalue weighted by atomic mass is 16.5. The second-order valence-electron chi connectivity index (χ2n) is 2.75. The molecule has 3 heteroatoms. The van der Waals surface area contributed by atoms with Crippen LogP contribution in [-0.2, 0) is 0 Å². The zero-order valence-corrected chi connectivity index (χ0v) is 7.95. The highest BCUT2D eigenvalue weighted by Crippen LogP contribution is 2.24. The summed E-state index contributed by atoms with van der Waals surface area (Å²) in [7, 11) is 0. The molecule has 70 valence electrons. The van der Waals surface area contributed by atoms with Gasteiger partial charge in [-0.2, -0.15) is 5.26 Å². The molecule has 0 unspecified atom stereocenters. The van der Waals surface area contributed by atoms with Crippen molar-refractivity contribution in [1.82, 2.24) is 0 Å². The topological polar surface area (TPSA) is 37.4 Å². The molecule has 0 saturated carbocycles. The highest BCUT2D eigenvalue weighted by molar-refractivity contribution is 5.61. The minimum Gasteiger partial charge on any atom is -0.495 e. The monoisotopic (exact) mass is 186 g/mol. The Morgan fingerprint density at radius 3 is 2.93 bits per heavy atom. The van der Waals surface area contributed by atoms with E-state index >= 15 is 0 Å². The van der Waals surface area contributed by atoms with E-state index in [1.807, 2.05) is 13.0 Å². The lowest BCUT2D eigenvalue weighted by Crippen LogP contribution is -1.94. The molecule has 0 aliphatic heterocycles. The molecular weight excluding hydrogens is 176 g/mol. The summed E-state index contributed by atoms with van der Waals surface area (Å²) in [6.45, 7) is 9.52. The summed E-state index contributed by atoms with van der Waals surface area (Å²) in [5, 5.41) is 8.68. The van der Waals surface area contributed by atoms with Crippen molar-refractivity contribution >= 4 is 5.69 Å². The van der Waals surface area contributed by atoms with Gasteiger partial charge in [-0.05, 0) is 18.6 Å². The first-order valence-electron chi connectivity index (χ1n) is 4.36. The summed E-state index contributed by atoms with van der Waals surface area (Å²) in [6.07, 6.45) is 0.924. The Balaban J connectivity index is 2.93. The van der Waals surface area contributed by atoms with Gasteiger partial charge >= 0.3 is 0 Å². The minimum absolute atomic E-state index is 0.348. The predicted molar refractivity (Wildman–Crippen MR) is 53.2 cm³/mol. The van der Waals surface area contributed by atoms with E-state index < -0.39 is 0 Å². The van der Waals surface area contributed by atoms with E-state index in [0.717, 1.165) is 6.42 Å². The molecule has 0 radical (unpaired) electrons. The van der Waals surface area contributed by atoms with E-state index in [2.05, 4.69) is 4.85 Å². The van der Waals surface area contributed by atoms with Crippen LogP contribution in [0.1, 0.15) is 18.9 Å². The molecule has 3 nitrogen and oxygen atoms in total. The summed E-state index contributed by atoms with van der Waals surface area (Å²) in [5.41, 5.74) is 0.741. The lowest BCUT2D eigenvalue weighted by Gasteiger charge is -2.04. The molecule has 14 heavy (non-hydrogen) atoms. The second kappa shape index (κ2) is 4.89. The van der Waals surface area contributed by atoms with Crippen molar-refractivity contribution in [2.24, 2.45) is 0 Å². The number of rotatable bonds is 3. The first-order chi connectivity index (χ1) is 6.81. The summed E-state index contributed by atoms with van der Waals surface area (Å²) in [4.78, 5) is 3.26. The zero-order chi connectivity index (χ0) is 10.4. The number of nitrogens with zero attached hydrogens (tertiary/aromatic N) is 2. The third-order valence-electron chi connectivity index (χ3n) is 1.68. The predicted octanol–water partition coefficient (Wildman–Crippen LogP) is 2.90. The molecule has 1 aromatic rings. The fraction of sp³-hybridized carbons (Fsp3) is 0.273. The maximum atomic E-state index is 8.68. The van der Waals surface area contributed by atoms with Crippen LogP contribution >= 0.6 is 0 Å². The molecule has 1 aromatic carbocycles. The lowest BCUT2D eigenvalue weighted by molar-refractivity contribution is 0.317. The van der Waals surface area contributed by atoms with E-state index in [9.17, 15) is 0 Å². The van der Waals surface area contributed by atoms with Crippen LogP contribution in [0.25, 0.3) is 4.85 Å². The van der Waals surface area contributed by atoms with Gasteiger partial charge in [0.15, 0.2) is 0 Å². The van der Waals surface area contributed by atoms with Crippen LogP contribution in [0.15, 0.2) is 18.2 Å². The maximum absolute atomic E-state index is 8.68. The van der Waals surface area contributed by atoms with Gasteiger partial charge in [-0.3, -0.25) is 0 Å². The molecule has 0 aliphatic rings. The Hall–Kier alpha value is -2.00. The van der Waals surface area contributed by atoms with Crippen LogP contribution in [0, 0.1) is 17.9 Å². The van der Waals surface area contributed by atoms with E-state index in [1.54, 1.807) is 18.2 Å². The average Bonchev–Trinajstić information content (AvgIpc) is 2.25. The van der Waals surface area contributed by atoms with Crippen LogP contribution in [0.2, 0.25) is 0 Å². The lowest BCUT2D eigenvalue weighted by atomic mass is 10.2. The number of nitriles is 1. The van der Waals surface area contributed by atoms with E-state index in [0.29, 0.717) is 23.6 Å². The third-order valence-corrected chi connectivity index (χ3v) is 1.68. The van der Waals surface area contributed by atoms with Crippen molar-refractivity contribution in [3.63, 3.8) is 0 Å². The van der Waals surface area contributed by atoms with Gasteiger partial charge in [0.05, 0.1) is 24.8 Å². The van der Waals surface area contributed by atoms with Crippen molar-refractivity contribution in [3.8, 4) is 11.8 Å². The first kappa shape index (κ1) is 10.1. The second-order valence-corrected chi connectivity index (χ2v) is 2.75. The fourth-order valence-electron chi connectivity index (χ4n) is 1.01. The molecule has 0 bridgehead atoms. The van der Waals surface area contributed by atoms with Gasteiger partial charge in [0.1, 0.15) is 5.75 Å². The number of benzene rings is 1. The standard InChI is InChI=1S/C11H10N2O/c1-3-6-14-10-5-4-9(8-12)11(7-10)13-2/h4-5,7H,3,6H2,1H3. The van der Waals surface area contributed by atoms with Gasteiger partial charge in [0, 0.05) is 0 Å². The van der Waals surface area contributed by atoms with Crippen LogP contribution < -0.4 is 4.74 Å². The fourth-order valence-corrected chi connectivity index (χ4v) is 1.01. The molecule has 0 aromatic heterocycles. The normalized spacial score (nSPS) is 8.79. The quantitative estimate of drug-likeness (QED) is 0.680. The summed E-state index contributed by atoms with van der Waals surface area (Å²) >= 11 is 0. The van der Waals surface area contributed by atoms with Gasteiger partial charge < -0.3 is 4.74 Å². The van der Waals surface area contributed by atoms with E-state index in [1.165, 1.54) is 0 Å². The zero-order valence-electron chi connectivity index (χ0n) is 7.95. The molecule has 0 atom stereocenters. The molecule has 0 heterocycles. The largest absolute Gasteiger partial charge is 0.495 e. The SMILES string of the molecule is [C-]#[N+]c1cc(OCCC)ccc1C#N. The van der Waals surface area contributed by atoms with Crippen molar-refractivity contribution in [3.05, 3.63) is 35.2 Å². The molecule has 0 spiro atoms. The molecule has 0 fully saturated rings. The maximum Gasteiger partial charge on any atom is 0.208 e. The Bertz CT molecular complexity index is 399. The van der Waals surface area contributed by atoms with Crippen LogP contribution in [0.4, 0.5) is 5.69 Å². The number of hydrogen-bond acceptors (Lipinski definition) is 2. The Labute approximate surface area is 83.4 Å². The first-order valence-corrected chi connectivity index (χ1v) is 4.36. The molecule has 0 saturated heterocycles. The van der Waals surface area contributed by atoms with Crippen LogP contribution in [0.5, 0.6) is 5.75 Å². The highest BCUT2D eigenvalue weighted by Gasteiger charge is 2.03. The molecule has 0 N–H and O–H groups in total. The van der Waals surface area contributed by atoms with Crippen molar-refractivity contribution in [1.29, 1.82) is 5.26 Å². The van der Waals surface area contributed by atoms with Gasteiger partial charge in [-0.15, -0.1) is 0 Å². The van der Waals surface area contributed by atoms with Crippen molar-refractivity contribution in [2.75, 3.05) is 6.61 Å². The Kier molecular flexibility index (Phi) is 3.52. The van der Waals surface area contributed by atoms with Crippen molar-refractivity contribution < 1.29 is 4.74 Å². The van der Waals surface area contributed by atoms with Gasteiger partial charge in [-0.1, -0.05) is 13.0 Å². The Morgan fingerprint density at radius 2 is 2.36 bits per heavy atom. The van der Waals surface area contributed by atoms with Crippen LogP contribution in [0.3, 0.4) is 0 Å². The van der Waals surface area contributed by atoms with E-state index in [-0.39, 0.29) is 0 Å². The number of ether oxygens (including phenoxy) is 1. The van der Waals surface area contributed by atoms with E-state index in [4.69, 9.17) is 16.6 Å². The Morgan fingerprint density at radius 1 is 1.57 bits per heavy atom. The molecular formula is C11H10N2O. The minimum atomic E-state index is 0.348. The smallest absolute Gasteiger partial charge is 0.208 e. The van der Waals surface area contributed by atoms with Crippen LogP contribution in [-0.4, -0.2) is 6.61 Å². The number of hydrogen-bond donors (Lipinski definition) is 0. The summed E-state index contributed by atoms with van der Waals surface area (Å²) in [6, 6.07) is 6.88. The van der Waals surface area contributed by atoms with Gasteiger partial charge in [0.2, 0.25) is 5.69 Å². The molecule has 0 amide bonds. The van der Waals surface area contributed by atoms with Gasteiger partial charge in [0.25, 0.3) is 0 Å². The third kappa shape index (κ3) is 2.24.